The molecule has 1 aromatic rings. The van der Waals surface area contributed by atoms with Gasteiger partial charge >= 0.3 is 0 Å². The van der Waals surface area contributed by atoms with Crippen LogP contribution in [0.3, 0.4) is 0 Å². The van der Waals surface area contributed by atoms with E-state index in [0.29, 0.717) is 31.4 Å². The van der Waals surface area contributed by atoms with E-state index in [1.165, 1.54) is 6.20 Å². The molecule has 2 N–H and O–H groups in total. The molecule has 2 saturated heterocycles. The summed E-state index contributed by atoms with van der Waals surface area (Å²) < 4.78 is 11.7. The number of hydrogen-bond donors (Lipinski definition) is 2. The normalized spacial score (nSPS) is 28.6. The van der Waals surface area contributed by atoms with Gasteiger partial charge in [0.15, 0.2) is 0 Å². The van der Waals surface area contributed by atoms with Crippen molar-refractivity contribution in [1.29, 1.82) is 0 Å². The van der Waals surface area contributed by atoms with Crippen LogP contribution in [-0.2, 0) is 14.3 Å². The van der Waals surface area contributed by atoms with E-state index >= 15 is 0 Å². The summed E-state index contributed by atoms with van der Waals surface area (Å²) in [6.45, 7) is 3.08. The fourth-order valence-corrected chi connectivity index (χ4v) is 3.71. The topological polar surface area (TPSA) is 101 Å². The highest BCUT2D eigenvalue weighted by molar-refractivity contribution is 5.94. The number of amides is 2. The van der Waals surface area contributed by atoms with Gasteiger partial charge in [-0.3, -0.25) is 14.6 Å². The second-order valence-corrected chi connectivity index (χ2v) is 6.99. The van der Waals surface area contributed by atoms with E-state index in [-0.39, 0.29) is 49.8 Å². The largest absolute Gasteiger partial charge is 0.389 e. The second-order valence-electron chi connectivity index (χ2n) is 6.99. The highest BCUT2D eigenvalue weighted by atomic mass is 16.5. The number of aromatic nitrogens is 1. The number of carbonyl (C=O) groups is 2. The third-order valence-electron chi connectivity index (χ3n) is 4.94. The van der Waals surface area contributed by atoms with Crippen molar-refractivity contribution in [3.05, 3.63) is 30.1 Å². The van der Waals surface area contributed by atoms with E-state index in [2.05, 4.69) is 10.3 Å². The Labute approximate surface area is 158 Å². The number of aliphatic hydroxyl groups is 1. The predicted octanol–water partition coefficient (Wildman–Crippen LogP) is 0.357. The Morgan fingerprint density at radius 2 is 2.22 bits per heavy atom. The molecule has 27 heavy (non-hydrogen) atoms. The van der Waals surface area contributed by atoms with Crippen LogP contribution < -0.4 is 5.32 Å². The van der Waals surface area contributed by atoms with Gasteiger partial charge in [0.1, 0.15) is 6.10 Å². The van der Waals surface area contributed by atoms with Crippen molar-refractivity contribution in [3.63, 3.8) is 0 Å². The van der Waals surface area contributed by atoms with Gasteiger partial charge < -0.3 is 24.8 Å². The summed E-state index contributed by atoms with van der Waals surface area (Å²) in [5, 5.41) is 13.0. The average Bonchev–Trinajstić information content (AvgIpc) is 2.65. The molecule has 8 heteroatoms. The molecule has 0 spiro atoms. The highest BCUT2D eigenvalue weighted by Gasteiger charge is 2.40. The van der Waals surface area contributed by atoms with E-state index in [1.807, 2.05) is 6.92 Å². The number of nitrogens with one attached hydrogen (secondary N) is 1. The number of rotatable bonds is 4. The Balaban J connectivity index is 1.74. The van der Waals surface area contributed by atoms with Crippen LogP contribution in [0.15, 0.2) is 24.5 Å². The summed E-state index contributed by atoms with van der Waals surface area (Å²) in [6.07, 6.45) is 3.54. The fourth-order valence-electron chi connectivity index (χ4n) is 3.71. The molecule has 0 bridgehead atoms. The van der Waals surface area contributed by atoms with Gasteiger partial charge in [0.2, 0.25) is 5.91 Å². The minimum atomic E-state index is -0.750. The van der Waals surface area contributed by atoms with Crippen molar-refractivity contribution in [2.45, 2.75) is 50.5 Å². The first-order valence-electron chi connectivity index (χ1n) is 9.47. The Morgan fingerprint density at radius 1 is 1.37 bits per heavy atom. The number of aliphatic hydroxyl groups excluding tert-OH is 1. The minimum absolute atomic E-state index is 0.0357. The summed E-state index contributed by atoms with van der Waals surface area (Å²) in [6, 6.07) is 3.22. The molecule has 148 valence electrons. The number of carbonyl (C=O) groups excluding carboxylic acids is 2. The quantitative estimate of drug-likeness (QED) is 0.786. The van der Waals surface area contributed by atoms with Gasteiger partial charge in [0, 0.05) is 25.5 Å². The zero-order valence-electron chi connectivity index (χ0n) is 15.5. The van der Waals surface area contributed by atoms with Crippen molar-refractivity contribution in [2.75, 3.05) is 26.3 Å². The van der Waals surface area contributed by atoms with Gasteiger partial charge in [-0.25, -0.2) is 0 Å². The second kappa shape index (κ2) is 9.25. The molecule has 0 saturated carbocycles. The third-order valence-corrected chi connectivity index (χ3v) is 4.94. The smallest absolute Gasteiger partial charge is 0.255 e. The average molecular weight is 377 g/mol. The van der Waals surface area contributed by atoms with Gasteiger partial charge in [-0.1, -0.05) is 0 Å². The number of nitrogens with zero attached hydrogens (tertiary/aromatic N) is 2. The van der Waals surface area contributed by atoms with Gasteiger partial charge in [-0.15, -0.1) is 0 Å². The van der Waals surface area contributed by atoms with Crippen molar-refractivity contribution < 1.29 is 24.2 Å². The molecule has 8 nitrogen and oxygen atoms in total. The highest BCUT2D eigenvalue weighted by Crippen LogP contribution is 2.28. The van der Waals surface area contributed by atoms with Crippen LogP contribution in [0.2, 0.25) is 0 Å². The molecule has 1 aromatic heterocycles. The van der Waals surface area contributed by atoms with E-state index in [0.717, 1.165) is 0 Å². The van der Waals surface area contributed by atoms with Crippen LogP contribution in [0.1, 0.15) is 36.5 Å². The van der Waals surface area contributed by atoms with Gasteiger partial charge in [0.05, 0.1) is 43.4 Å². The summed E-state index contributed by atoms with van der Waals surface area (Å²) in [7, 11) is 0. The monoisotopic (exact) mass is 377 g/mol. The zero-order valence-corrected chi connectivity index (χ0v) is 15.5. The van der Waals surface area contributed by atoms with E-state index < -0.39 is 6.10 Å². The molecule has 0 aromatic carbocycles. The third kappa shape index (κ3) is 5.03. The maximum atomic E-state index is 13.0. The lowest BCUT2D eigenvalue weighted by Gasteiger charge is -2.44. The molecule has 2 amide bonds. The molecular formula is C19H27N3O5. The fraction of sp³-hybridized carbons (Fsp3) is 0.632. The van der Waals surface area contributed by atoms with E-state index in [9.17, 15) is 14.7 Å². The molecule has 3 rings (SSSR count). The number of β-amino-alcohol motifs (C(OH)–C–C–N with tert-alkyl or cyclic N) is 1. The molecule has 2 aliphatic rings. The lowest BCUT2D eigenvalue weighted by molar-refractivity contribution is -0.150. The maximum Gasteiger partial charge on any atom is 0.255 e. The minimum Gasteiger partial charge on any atom is -0.389 e. The van der Waals surface area contributed by atoms with Crippen molar-refractivity contribution in [2.24, 2.45) is 0 Å². The predicted molar refractivity (Wildman–Crippen MR) is 97.1 cm³/mol. The number of hydrogen-bond acceptors (Lipinski definition) is 6. The summed E-state index contributed by atoms with van der Waals surface area (Å²) >= 11 is 0. The van der Waals surface area contributed by atoms with Crippen LogP contribution in [-0.4, -0.2) is 77.5 Å². The lowest BCUT2D eigenvalue weighted by Crippen LogP contribution is -2.57. The standard InChI is InChI=1S/C19H27N3O5/c1-2-21-18(24)8-15-5-6-16-17(27-15)12-26-11-14(23)10-22(16)19(25)13-4-3-7-20-9-13/h3-4,7,9,14-17,23H,2,5-6,8,10-12H2,1H3,(H,21,24)/t14-,15-,16-,17+/m0/s1. The number of ether oxygens (including phenoxy) is 2. The van der Waals surface area contributed by atoms with E-state index in [1.54, 1.807) is 23.2 Å². The molecule has 4 atom stereocenters. The molecule has 0 aliphatic carbocycles. The van der Waals surface area contributed by atoms with Crippen molar-refractivity contribution >= 4 is 11.8 Å². The van der Waals surface area contributed by atoms with Gasteiger partial charge in [-0.05, 0) is 31.9 Å². The SMILES string of the molecule is CCNC(=O)C[C@@H]1CC[C@H]2[C@@H](COC[C@@H](O)CN2C(=O)c2cccnc2)O1. The van der Waals surface area contributed by atoms with Crippen molar-refractivity contribution in [1.82, 2.24) is 15.2 Å². The van der Waals surface area contributed by atoms with Crippen molar-refractivity contribution in [3.8, 4) is 0 Å². The molecule has 2 aliphatic heterocycles. The Hall–Kier alpha value is -2.03. The Kier molecular flexibility index (Phi) is 6.76. The lowest BCUT2D eigenvalue weighted by atomic mass is 9.94. The number of fused-ring (bicyclic) bond motifs is 1. The molecular weight excluding hydrogens is 350 g/mol. The van der Waals surface area contributed by atoms with Crippen LogP contribution in [0, 0.1) is 0 Å². The first-order chi connectivity index (χ1) is 13.1. The Morgan fingerprint density at radius 3 is 2.96 bits per heavy atom. The first kappa shape index (κ1) is 19.7. The molecule has 3 heterocycles. The molecule has 2 fully saturated rings. The van der Waals surface area contributed by atoms with Crippen LogP contribution in [0.5, 0.6) is 0 Å². The summed E-state index contributed by atoms with van der Waals surface area (Å²) in [4.78, 5) is 30.6. The van der Waals surface area contributed by atoms with Crippen LogP contribution >= 0.6 is 0 Å². The summed E-state index contributed by atoms with van der Waals surface area (Å²) in [5.41, 5.74) is 0.481. The first-order valence-corrected chi connectivity index (χ1v) is 9.47. The number of pyridine rings is 1. The summed E-state index contributed by atoms with van der Waals surface area (Å²) in [5.74, 6) is -0.212. The Bertz CT molecular complexity index is 641. The molecule has 0 unspecified atom stereocenters. The molecule has 0 radical (unpaired) electrons. The zero-order chi connectivity index (χ0) is 19.2. The van der Waals surface area contributed by atoms with Gasteiger partial charge in [0.25, 0.3) is 5.91 Å². The van der Waals surface area contributed by atoms with E-state index in [4.69, 9.17) is 9.47 Å². The van der Waals surface area contributed by atoms with Gasteiger partial charge in [-0.2, -0.15) is 0 Å². The van der Waals surface area contributed by atoms with Crippen LogP contribution in [0.25, 0.3) is 0 Å². The maximum absolute atomic E-state index is 13.0. The van der Waals surface area contributed by atoms with Crippen LogP contribution in [0.4, 0.5) is 0 Å².